The number of thiazole rings is 1. The number of rotatable bonds is 11. The van der Waals surface area contributed by atoms with Gasteiger partial charge in [-0.3, -0.25) is 14.4 Å². The van der Waals surface area contributed by atoms with Gasteiger partial charge in [0.25, 0.3) is 0 Å². The maximum absolute atomic E-state index is 13.6. The van der Waals surface area contributed by atoms with Gasteiger partial charge in [-0.2, -0.15) is 0 Å². The zero-order valence-corrected chi connectivity index (χ0v) is 24.1. The van der Waals surface area contributed by atoms with E-state index in [9.17, 15) is 19.5 Å². The molecule has 1 aliphatic heterocycles. The summed E-state index contributed by atoms with van der Waals surface area (Å²) in [4.78, 5) is 46.3. The highest BCUT2D eigenvalue weighted by Crippen LogP contribution is 2.28. The molecular weight excluding hydrogens is 512 g/mol. The van der Waals surface area contributed by atoms with Crippen LogP contribution in [0.1, 0.15) is 70.6 Å². The van der Waals surface area contributed by atoms with Gasteiger partial charge in [0, 0.05) is 32.4 Å². The summed E-state index contributed by atoms with van der Waals surface area (Å²) in [6.07, 6.45) is 8.01. The number of carbonyl (C=O) groups is 3. The fourth-order valence-electron chi connectivity index (χ4n) is 4.70. The Bertz CT molecular complexity index is 1180. The van der Waals surface area contributed by atoms with Gasteiger partial charge < -0.3 is 20.6 Å². The first kappa shape index (κ1) is 30.3. The van der Waals surface area contributed by atoms with Crippen molar-refractivity contribution in [2.45, 2.75) is 91.0 Å². The van der Waals surface area contributed by atoms with Gasteiger partial charge in [0.05, 0.1) is 22.2 Å². The van der Waals surface area contributed by atoms with Crippen molar-refractivity contribution in [2.24, 2.45) is 5.41 Å². The average Bonchev–Trinajstić information content (AvgIpc) is 3.50. The van der Waals surface area contributed by atoms with Crippen molar-refractivity contribution in [3.63, 3.8) is 0 Å². The SMILES string of the molecule is C#CCCCCCC(=O)N[C@H](C(=O)N1C[C@H](O)C[C@H]1C(=O)NCc1ccc(-c2scnc2C)cc1)C(C)(C)C. The van der Waals surface area contributed by atoms with Gasteiger partial charge in [0.15, 0.2) is 0 Å². The van der Waals surface area contributed by atoms with Crippen LogP contribution in [0.3, 0.4) is 0 Å². The van der Waals surface area contributed by atoms with E-state index in [0.717, 1.165) is 34.5 Å². The second kappa shape index (κ2) is 13.7. The number of nitrogens with zero attached hydrogens (tertiary/aromatic N) is 2. The van der Waals surface area contributed by atoms with Crippen LogP contribution in [0.15, 0.2) is 29.8 Å². The van der Waals surface area contributed by atoms with Crippen LogP contribution in [0.2, 0.25) is 0 Å². The molecule has 0 aliphatic carbocycles. The lowest BCUT2D eigenvalue weighted by atomic mass is 9.85. The minimum atomic E-state index is -0.820. The zero-order chi connectivity index (χ0) is 28.6. The van der Waals surface area contributed by atoms with E-state index in [4.69, 9.17) is 6.42 Å². The van der Waals surface area contributed by atoms with Gasteiger partial charge in [0.1, 0.15) is 12.1 Å². The third-order valence-corrected chi connectivity index (χ3v) is 7.91. The van der Waals surface area contributed by atoms with E-state index in [0.29, 0.717) is 25.8 Å². The number of aliphatic hydroxyl groups excluding tert-OH is 1. The molecule has 39 heavy (non-hydrogen) atoms. The predicted octanol–water partition coefficient (Wildman–Crippen LogP) is 3.81. The molecule has 0 bridgehead atoms. The number of nitrogens with one attached hydrogen (secondary N) is 2. The number of aliphatic hydroxyl groups is 1. The van der Waals surface area contributed by atoms with E-state index in [2.05, 4.69) is 21.5 Å². The normalized spacial score (nSPS) is 17.9. The maximum atomic E-state index is 13.6. The van der Waals surface area contributed by atoms with Crippen LogP contribution in [0.5, 0.6) is 0 Å². The largest absolute Gasteiger partial charge is 0.391 e. The summed E-state index contributed by atoms with van der Waals surface area (Å²) in [6.45, 7) is 7.95. The van der Waals surface area contributed by atoms with E-state index in [1.807, 2.05) is 57.5 Å². The minimum absolute atomic E-state index is 0.0500. The standard InChI is InChI=1S/C30H40N4O4S/c1-6-7-8-9-10-11-25(36)33-27(30(3,4)5)29(38)34-18-23(35)16-24(34)28(37)31-17-21-12-14-22(15-13-21)26-20(2)32-19-39-26/h1,12-15,19,23-24,27,35H,7-11,16-18H2,2-5H3,(H,31,37)(H,33,36)/t23-,24+,27-/m1/s1. The molecule has 8 nitrogen and oxygen atoms in total. The fraction of sp³-hybridized carbons (Fsp3) is 0.533. The smallest absolute Gasteiger partial charge is 0.246 e. The molecule has 1 aliphatic rings. The van der Waals surface area contributed by atoms with Crippen LogP contribution in [0, 0.1) is 24.7 Å². The number of unbranched alkanes of at least 4 members (excludes halogenated alkanes) is 3. The Labute approximate surface area is 235 Å². The number of carbonyl (C=O) groups excluding carboxylic acids is 3. The van der Waals surface area contributed by atoms with Crippen LogP contribution < -0.4 is 10.6 Å². The summed E-state index contributed by atoms with van der Waals surface area (Å²) in [6, 6.07) is 6.29. The maximum Gasteiger partial charge on any atom is 0.246 e. The third kappa shape index (κ3) is 8.38. The molecular formula is C30H40N4O4S. The van der Waals surface area contributed by atoms with Gasteiger partial charge in [-0.05, 0) is 36.3 Å². The molecule has 1 aromatic carbocycles. The molecule has 1 aromatic heterocycles. The summed E-state index contributed by atoms with van der Waals surface area (Å²) in [5.41, 5.74) is 4.22. The average molecular weight is 553 g/mol. The molecule has 9 heteroatoms. The number of hydrogen-bond donors (Lipinski definition) is 3. The molecule has 210 valence electrons. The van der Waals surface area contributed by atoms with Crippen molar-refractivity contribution in [2.75, 3.05) is 6.54 Å². The molecule has 0 spiro atoms. The minimum Gasteiger partial charge on any atom is -0.391 e. The van der Waals surface area contributed by atoms with Gasteiger partial charge in [-0.1, -0.05) is 51.5 Å². The Morgan fingerprint density at radius 1 is 1.21 bits per heavy atom. The van der Waals surface area contributed by atoms with E-state index < -0.39 is 23.6 Å². The monoisotopic (exact) mass is 552 g/mol. The predicted molar refractivity (Wildman–Crippen MR) is 154 cm³/mol. The van der Waals surface area contributed by atoms with Crippen molar-refractivity contribution in [1.82, 2.24) is 20.5 Å². The summed E-state index contributed by atoms with van der Waals surface area (Å²) in [7, 11) is 0. The number of aryl methyl sites for hydroxylation is 1. The number of benzene rings is 1. The van der Waals surface area contributed by atoms with Gasteiger partial charge >= 0.3 is 0 Å². The third-order valence-electron chi connectivity index (χ3n) is 6.94. The molecule has 3 N–H and O–H groups in total. The number of amides is 3. The summed E-state index contributed by atoms with van der Waals surface area (Å²) >= 11 is 1.59. The van der Waals surface area contributed by atoms with Gasteiger partial charge in [-0.25, -0.2) is 4.98 Å². The molecule has 3 atom stereocenters. The number of terminal acetylenes is 1. The van der Waals surface area contributed by atoms with E-state index in [1.54, 1.807) is 11.3 Å². The summed E-state index contributed by atoms with van der Waals surface area (Å²) in [5.74, 6) is 1.70. The molecule has 0 saturated carbocycles. The Morgan fingerprint density at radius 3 is 2.54 bits per heavy atom. The lowest BCUT2D eigenvalue weighted by Crippen LogP contribution is -2.57. The Kier molecular flexibility index (Phi) is 10.7. The van der Waals surface area contributed by atoms with Gasteiger partial charge in [-0.15, -0.1) is 23.7 Å². The quantitative estimate of drug-likeness (QED) is 0.290. The van der Waals surface area contributed by atoms with Crippen molar-refractivity contribution in [1.29, 1.82) is 0 Å². The fourth-order valence-corrected chi connectivity index (χ4v) is 5.51. The topological polar surface area (TPSA) is 112 Å². The van der Waals surface area contributed by atoms with Crippen molar-refractivity contribution in [3.8, 4) is 22.8 Å². The Hall–Kier alpha value is -3.22. The van der Waals surface area contributed by atoms with Crippen LogP contribution >= 0.6 is 11.3 Å². The van der Waals surface area contributed by atoms with Crippen LogP contribution in [0.4, 0.5) is 0 Å². The molecule has 1 fully saturated rings. The lowest BCUT2D eigenvalue weighted by molar-refractivity contribution is -0.144. The summed E-state index contributed by atoms with van der Waals surface area (Å²) < 4.78 is 0. The number of hydrogen-bond acceptors (Lipinski definition) is 6. The van der Waals surface area contributed by atoms with Crippen LogP contribution in [-0.2, 0) is 20.9 Å². The number of likely N-dealkylation sites (tertiary alicyclic amines) is 1. The Balaban J connectivity index is 1.61. The van der Waals surface area contributed by atoms with E-state index >= 15 is 0 Å². The van der Waals surface area contributed by atoms with E-state index in [-0.39, 0.29) is 30.7 Å². The first-order chi connectivity index (χ1) is 18.5. The highest BCUT2D eigenvalue weighted by atomic mass is 32.1. The van der Waals surface area contributed by atoms with Crippen molar-refractivity contribution in [3.05, 3.63) is 41.0 Å². The summed E-state index contributed by atoms with van der Waals surface area (Å²) in [5, 5.41) is 16.2. The van der Waals surface area contributed by atoms with Crippen molar-refractivity contribution < 1.29 is 19.5 Å². The Morgan fingerprint density at radius 2 is 1.92 bits per heavy atom. The second-order valence-corrected chi connectivity index (χ2v) is 12.1. The molecule has 0 unspecified atom stereocenters. The number of β-amino-alcohol motifs (C(OH)–C–C–N with tert-alkyl or cyclic N) is 1. The molecule has 3 rings (SSSR count). The lowest BCUT2D eigenvalue weighted by Gasteiger charge is -2.35. The zero-order valence-electron chi connectivity index (χ0n) is 23.3. The van der Waals surface area contributed by atoms with Crippen LogP contribution in [0.25, 0.3) is 10.4 Å². The highest BCUT2D eigenvalue weighted by molar-refractivity contribution is 7.13. The first-order valence-electron chi connectivity index (χ1n) is 13.5. The second-order valence-electron chi connectivity index (χ2n) is 11.2. The molecule has 1 saturated heterocycles. The number of aromatic nitrogens is 1. The van der Waals surface area contributed by atoms with Crippen LogP contribution in [-0.4, -0.2) is 57.4 Å². The molecule has 3 amide bonds. The first-order valence-corrected chi connectivity index (χ1v) is 14.4. The molecule has 2 heterocycles. The van der Waals surface area contributed by atoms with E-state index in [1.165, 1.54) is 4.90 Å². The molecule has 2 aromatic rings. The highest BCUT2D eigenvalue weighted by Gasteiger charge is 2.44. The van der Waals surface area contributed by atoms with Gasteiger partial charge in [0.2, 0.25) is 17.7 Å². The van der Waals surface area contributed by atoms with Crippen molar-refractivity contribution >= 4 is 29.1 Å². The molecule has 0 radical (unpaired) electrons.